The summed E-state index contributed by atoms with van der Waals surface area (Å²) < 4.78 is 10.4. The maximum atomic E-state index is 5.53. The number of nitrogens with one attached hydrogen (secondary N) is 2. The van der Waals surface area contributed by atoms with Gasteiger partial charge in [0.15, 0.2) is 5.96 Å². The van der Waals surface area contributed by atoms with Gasteiger partial charge in [-0.15, -0.1) is 24.0 Å². The van der Waals surface area contributed by atoms with Gasteiger partial charge in [0.25, 0.3) is 0 Å². The quantitative estimate of drug-likeness (QED) is 0.322. The SMILES string of the molecule is CCNC(=NCc1ccon1)NCC(C(CC)CC)N1CCOCC1.I. The summed E-state index contributed by atoms with van der Waals surface area (Å²) >= 11 is 0. The minimum absolute atomic E-state index is 0. The van der Waals surface area contributed by atoms with Crippen LogP contribution in [0.5, 0.6) is 0 Å². The predicted molar refractivity (Wildman–Crippen MR) is 115 cm³/mol. The lowest BCUT2D eigenvalue weighted by molar-refractivity contribution is 0.00272. The van der Waals surface area contributed by atoms with Gasteiger partial charge < -0.3 is 19.9 Å². The summed E-state index contributed by atoms with van der Waals surface area (Å²) in [5.41, 5.74) is 0.835. The zero-order chi connectivity index (χ0) is 17.9. The standard InChI is InChI=1S/C18H33N5O2.HI/c1-4-15(5-2)17(23-8-11-24-12-9-23)14-21-18(19-6-3)20-13-16-7-10-25-22-16;/h7,10,15,17H,4-6,8-9,11-14H2,1-3H3,(H2,19,20,21);1H. The second kappa shape index (κ2) is 13.3. The first-order chi connectivity index (χ1) is 12.3. The zero-order valence-electron chi connectivity index (χ0n) is 16.2. The number of rotatable bonds is 9. The van der Waals surface area contributed by atoms with Crippen molar-refractivity contribution < 1.29 is 9.26 Å². The van der Waals surface area contributed by atoms with Crippen molar-refractivity contribution in [1.82, 2.24) is 20.7 Å². The van der Waals surface area contributed by atoms with Gasteiger partial charge in [-0.05, 0) is 12.8 Å². The van der Waals surface area contributed by atoms with Crippen LogP contribution in [0.15, 0.2) is 21.8 Å². The highest BCUT2D eigenvalue weighted by atomic mass is 127. The molecule has 2 heterocycles. The van der Waals surface area contributed by atoms with Crippen molar-refractivity contribution >= 4 is 29.9 Å². The van der Waals surface area contributed by atoms with E-state index in [1.807, 2.05) is 6.07 Å². The third kappa shape index (κ3) is 7.40. The molecule has 0 spiro atoms. The lowest BCUT2D eigenvalue weighted by Crippen LogP contribution is -2.53. The van der Waals surface area contributed by atoms with E-state index in [1.165, 1.54) is 12.8 Å². The van der Waals surface area contributed by atoms with Gasteiger partial charge in [-0.2, -0.15) is 0 Å². The first-order valence-corrected chi connectivity index (χ1v) is 9.51. The summed E-state index contributed by atoms with van der Waals surface area (Å²) in [6, 6.07) is 2.34. The van der Waals surface area contributed by atoms with Crippen molar-refractivity contribution in [3.05, 3.63) is 18.0 Å². The van der Waals surface area contributed by atoms with Gasteiger partial charge >= 0.3 is 0 Å². The van der Waals surface area contributed by atoms with E-state index in [9.17, 15) is 0 Å². The van der Waals surface area contributed by atoms with Crippen LogP contribution in [-0.4, -0.2) is 61.5 Å². The lowest BCUT2D eigenvalue weighted by Gasteiger charge is -2.39. The lowest BCUT2D eigenvalue weighted by atomic mass is 9.92. The van der Waals surface area contributed by atoms with E-state index < -0.39 is 0 Å². The molecule has 1 fully saturated rings. The number of hydrogen-bond donors (Lipinski definition) is 2. The third-order valence-corrected chi connectivity index (χ3v) is 4.82. The normalized spacial score (nSPS) is 17.0. The van der Waals surface area contributed by atoms with Crippen molar-refractivity contribution in [2.24, 2.45) is 10.9 Å². The van der Waals surface area contributed by atoms with Crippen LogP contribution in [-0.2, 0) is 11.3 Å². The molecule has 0 aromatic carbocycles. The van der Waals surface area contributed by atoms with Gasteiger partial charge in [-0.1, -0.05) is 31.8 Å². The van der Waals surface area contributed by atoms with Crippen LogP contribution in [0.25, 0.3) is 0 Å². The summed E-state index contributed by atoms with van der Waals surface area (Å²) in [6.07, 6.45) is 3.95. The molecule has 26 heavy (non-hydrogen) atoms. The van der Waals surface area contributed by atoms with E-state index in [4.69, 9.17) is 9.26 Å². The molecule has 7 nitrogen and oxygen atoms in total. The molecule has 0 aliphatic carbocycles. The second-order valence-corrected chi connectivity index (χ2v) is 6.36. The van der Waals surface area contributed by atoms with Crippen molar-refractivity contribution in [1.29, 1.82) is 0 Å². The molecular weight excluding hydrogens is 445 g/mol. The summed E-state index contributed by atoms with van der Waals surface area (Å²) in [7, 11) is 0. The summed E-state index contributed by atoms with van der Waals surface area (Å²) in [4.78, 5) is 7.18. The zero-order valence-corrected chi connectivity index (χ0v) is 18.6. The van der Waals surface area contributed by atoms with Crippen molar-refractivity contribution in [3.63, 3.8) is 0 Å². The molecule has 0 saturated carbocycles. The molecule has 1 aliphatic heterocycles. The van der Waals surface area contributed by atoms with Gasteiger partial charge in [-0.3, -0.25) is 4.90 Å². The fraction of sp³-hybridized carbons (Fsp3) is 0.778. The molecule has 2 rings (SSSR count). The number of hydrogen-bond acceptors (Lipinski definition) is 5. The summed E-state index contributed by atoms with van der Waals surface area (Å²) in [6.45, 7) is 12.6. The molecule has 0 amide bonds. The predicted octanol–water partition coefficient (Wildman–Crippen LogP) is 2.48. The van der Waals surface area contributed by atoms with E-state index in [0.717, 1.165) is 51.0 Å². The van der Waals surface area contributed by atoms with Gasteiger partial charge in [-0.25, -0.2) is 4.99 Å². The fourth-order valence-electron chi connectivity index (χ4n) is 3.36. The Balaban J connectivity index is 0.00000338. The number of aromatic nitrogens is 1. The number of nitrogens with zero attached hydrogens (tertiary/aromatic N) is 3. The maximum Gasteiger partial charge on any atom is 0.191 e. The highest BCUT2D eigenvalue weighted by Gasteiger charge is 2.26. The topological polar surface area (TPSA) is 74.9 Å². The average Bonchev–Trinajstić information content (AvgIpc) is 3.17. The molecule has 0 radical (unpaired) electrons. The number of aliphatic imine (C=N–C) groups is 1. The van der Waals surface area contributed by atoms with Gasteiger partial charge in [0.2, 0.25) is 0 Å². The van der Waals surface area contributed by atoms with Crippen molar-refractivity contribution in [2.45, 2.75) is 46.2 Å². The molecule has 1 aromatic heterocycles. The molecule has 1 atom stereocenters. The summed E-state index contributed by atoms with van der Waals surface area (Å²) in [5, 5.41) is 10.8. The van der Waals surface area contributed by atoms with Crippen LogP contribution >= 0.6 is 24.0 Å². The highest BCUT2D eigenvalue weighted by Crippen LogP contribution is 2.19. The first-order valence-electron chi connectivity index (χ1n) is 9.51. The van der Waals surface area contributed by atoms with Gasteiger partial charge in [0, 0.05) is 38.3 Å². The summed E-state index contributed by atoms with van der Waals surface area (Å²) in [5.74, 6) is 1.50. The van der Waals surface area contributed by atoms with E-state index >= 15 is 0 Å². The molecule has 1 saturated heterocycles. The second-order valence-electron chi connectivity index (χ2n) is 6.36. The Bertz CT molecular complexity index is 488. The Morgan fingerprint density at radius 2 is 1.96 bits per heavy atom. The molecule has 0 bridgehead atoms. The monoisotopic (exact) mass is 479 g/mol. The van der Waals surface area contributed by atoms with Gasteiger partial charge in [0.05, 0.1) is 19.8 Å². The highest BCUT2D eigenvalue weighted by molar-refractivity contribution is 14.0. The van der Waals surface area contributed by atoms with E-state index in [0.29, 0.717) is 18.5 Å². The average molecular weight is 479 g/mol. The third-order valence-electron chi connectivity index (χ3n) is 4.82. The molecule has 1 aliphatic rings. The van der Waals surface area contributed by atoms with Crippen LogP contribution in [0.4, 0.5) is 0 Å². The van der Waals surface area contributed by atoms with Gasteiger partial charge in [0.1, 0.15) is 12.0 Å². The van der Waals surface area contributed by atoms with Crippen LogP contribution in [0.2, 0.25) is 0 Å². The van der Waals surface area contributed by atoms with E-state index in [-0.39, 0.29) is 24.0 Å². The van der Waals surface area contributed by atoms with E-state index in [1.54, 1.807) is 6.26 Å². The molecule has 8 heteroatoms. The Morgan fingerprint density at radius 1 is 1.23 bits per heavy atom. The first kappa shape index (κ1) is 23.2. The van der Waals surface area contributed by atoms with Crippen LogP contribution in [0.3, 0.4) is 0 Å². The van der Waals surface area contributed by atoms with Crippen molar-refractivity contribution in [3.8, 4) is 0 Å². The Hall–Kier alpha value is -0.870. The fourth-order valence-corrected chi connectivity index (χ4v) is 3.36. The largest absolute Gasteiger partial charge is 0.379 e. The number of guanidine groups is 1. The van der Waals surface area contributed by atoms with Crippen LogP contribution in [0, 0.1) is 5.92 Å². The molecule has 1 unspecified atom stereocenters. The van der Waals surface area contributed by atoms with Crippen LogP contribution < -0.4 is 10.6 Å². The molecule has 1 aromatic rings. The smallest absolute Gasteiger partial charge is 0.191 e. The van der Waals surface area contributed by atoms with Crippen molar-refractivity contribution in [2.75, 3.05) is 39.4 Å². The maximum absolute atomic E-state index is 5.53. The number of morpholine rings is 1. The Kier molecular flexibility index (Phi) is 11.9. The molecular formula is C18H34IN5O2. The van der Waals surface area contributed by atoms with Crippen LogP contribution in [0.1, 0.15) is 39.3 Å². The van der Waals surface area contributed by atoms with E-state index in [2.05, 4.69) is 46.5 Å². The Labute approximate surface area is 174 Å². The number of halogens is 1. The molecule has 150 valence electrons. The minimum Gasteiger partial charge on any atom is -0.379 e. The minimum atomic E-state index is 0. The number of ether oxygens (including phenoxy) is 1. The Morgan fingerprint density at radius 3 is 2.54 bits per heavy atom. The molecule has 2 N–H and O–H groups in total.